The van der Waals surface area contributed by atoms with Crippen molar-refractivity contribution in [1.29, 1.82) is 0 Å². The highest BCUT2D eigenvalue weighted by Crippen LogP contribution is 2.09. The van der Waals surface area contributed by atoms with Gasteiger partial charge in [-0.3, -0.25) is 10.1 Å². The summed E-state index contributed by atoms with van der Waals surface area (Å²) in [6, 6.07) is 0.232. The first-order valence-corrected chi connectivity index (χ1v) is 4.38. The average Bonchev–Trinajstić information content (AvgIpc) is 2.51. The highest BCUT2D eigenvalue weighted by molar-refractivity contribution is 5.95. The smallest absolute Gasteiger partial charge is 0.301 e. The highest BCUT2D eigenvalue weighted by atomic mass is 16.4. The van der Waals surface area contributed by atoms with Crippen LogP contribution in [0.3, 0.4) is 0 Å². The Balaban J connectivity index is 2.66. The van der Waals surface area contributed by atoms with E-state index in [1.807, 2.05) is 0 Å². The number of anilines is 1. The third-order valence-corrected chi connectivity index (χ3v) is 2.03. The van der Waals surface area contributed by atoms with Gasteiger partial charge in [0.05, 0.1) is 11.2 Å². The van der Waals surface area contributed by atoms with Crippen LogP contribution in [-0.2, 0) is 4.79 Å². The number of aromatic nitrogens is 1. The molecule has 2 N–H and O–H groups in total. The van der Waals surface area contributed by atoms with Gasteiger partial charge in [0.2, 0.25) is 5.91 Å². The van der Waals surface area contributed by atoms with Gasteiger partial charge in [0.15, 0.2) is 0 Å². The lowest BCUT2D eigenvalue weighted by Gasteiger charge is -2.21. The molecule has 14 heavy (non-hydrogen) atoms. The predicted molar refractivity (Wildman–Crippen MR) is 53.0 cm³/mol. The molecule has 0 saturated heterocycles. The summed E-state index contributed by atoms with van der Waals surface area (Å²) in [4.78, 5) is 15.6. The van der Waals surface area contributed by atoms with E-state index in [2.05, 4.69) is 15.6 Å². The van der Waals surface area contributed by atoms with Gasteiger partial charge in [0.25, 0.3) is 0 Å². The number of amides is 1. The van der Waals surface area contributed by atoms with Crippen molar-refractivity contribution in [1.82, 2.24) is 10.3 Å². The topological polar surface area (TPSA) is 67.2 Å². The Bertz CT molecular complexity index is 331. The van der Waals surface area contributed by atoms with Crippen molar-refractivity contribution in [3.63, 3.8) is 0 Å². The number of rotatable bonds is 3. The van der Waals surface area contributed by atoms with Gasteiger partial charge in [-0.15, -0.1) is 0 Å². The van der Waals surface area contributed by atoms with Gasteiger partial charge in [0, 0.05) is 0 Å². The Hall–Kier alpha value is -1.36. The van der Waals surface area contributed by atoms with Crippen molar-refractivity contribution >= 4 is 11.9 Å². The maximum atomic E-state index is 11.6. The normalized spacial score (nSPS) is 11.4. The summed E-state index contributed by atoms with van der Waals surface area (Å²) in [5.41, 5.74) is 0.102. The number of hydrogen-bond donors (Lipinski definition) is 2. The van der Waals surface area contributed by atoms with Crippen LogP contribution in [0.25, 0.3) is 0 Å². The van der Waals surface area contributed by atoms with Crippen LogP contribution in [0.5, 0.6) is 0 Å². The molecule has 1 aromatic rings. The maximum absolute atomic E-state index is 11.6. The minimum Gasteiger partial charge on any atom is -0.432 e. The van der Waals surface area contributed by atoms with Crippen molar-refractivity contribution in [2.24, 2.45) is 0 Å². The summed E-state index contributed by atoms with van der Waals surface area (Å²) < 4.78 is 5.00. The van der Waals surface area contributed by atoms with E-state index in [9.17, 15) is 4.79 Å². The van der Waals surface area contributed by atoms with E-state index in [1.165, 1.54) is 6.26 Å². The van der Waals surface area contributed by atoms with E-state index in [0.29, 0.717) is 0 Å². The van der Waals surface area contributed by atoms with Crippen LogP contribution in [0.2, 0.25) is 0 Å². The van der Waals surface area contributed by atoms with Crippen LogP contribution < -0.4 is 10.6 Å². The van der Waals surface area contributed by atoms with Gasteiger partial charge >= 0.3 is 6.01 Å². The number of likely N-dealkylation sites (N-methyl/N-ethyl adjacent to an activating group) is 1. The molecule has 1 rings (SSSR count). The van der Waals surface area contributed by atoms with Crippen LogP contribution in [0, 0.1) is 6.92 Å². The summed E-state index contributed by atoms with van der Waals surface area (Å²) >= 11 is 0. The van der Waals surface area contributed by atoms with E-state index in [0.717, 1.165) is 5.69 Å². The molecule has 5 nitrogen and oxygen atoms in total. The van der Waals surface area contributed by atoms with Gasteiger partial charge in [-0.2, -0.15) is 4.98 Å². The molecule has 1 amide bonds. The SMILES string of the molecule is CNC(C)(C)C(=O)Nc1nc(C)co1. The largest absolute Gasteiger partial charge is 0.432 e. The van der Waals surface area contributed by atoms with Crippen molar-refractivity contribution in [2.45, 2.75) is 26.3 Å². The summed E-state index contributed by atoms with van der Waals surface area (Å²) in [5, 5.41) is 5.46. The van der Waals surface area contributed by atoms with Crippen LogP contribution in [0.15, 0.2) is 10.7 Å². The quantitative estimate of drug-likeness (QED) is 0.756. The fourth-order valence-electron chi connectivity index (χ4n) is 0.778. The Labute approximate surface area is 82.9 Å². The van der Waals surface area contributed by atoms with E-state index >= 15 is 0 Å². The number of aryl methyl sites for hydroxylation is 1. The van der Waals surface area contributed by atoms with Crippen molar-refractivity contribution in [3.05, 3.63) is 12.0 Å². The maximum Gasteiger partial charge on any atom is 0.301 e. The molecule has 0 aromatic carbocycles. The Morgan fingerprint density at radius 3 is 2.64 bits per heavy atom. The zero-order valence-corrected chi connectivity index (χ0v) is 8.84. The minimum atomic E-state index is -0.637. The highest BCUT2D eigenvalue weighted by Gasteiger charge is 2.26. The van der Waals surface area contributed by atoms with E-state index in [-0.39, 0.29) is 11.9 Å². The first kappa shape index (κ1) is 10.7. The Kier molecular flexibility index (Phi) is 2.90. The standard InChI is InChI=1S/C9H15N3O2/c1-6-5-14-8(11-6)12-7(13)9(2,3)10-4/h5,10H,1-4H3,(H,11,12,13). The number of oxazole rings is 1. The predicted octanol–water partition coefficient (Wildman–Crippen LogP) is 0.920. The van der Waals surface area contributed by atoms with Crippen molar-refractivity contribution in [3.8, 4) is 0 Å². The number of nitrogens with one attached hydrogen (secondary N) is 2. The fourth-order valence-corrected chi connectivity index (χ4v) is 0.778. The second kappa shape index (κ2) is 3.79. The van der Waals surface area contributed by atoms with E-state index in [4.69, 9.17) is 4.42 Å². The van der Waals surface area contributed by atoms with Crippen molar-refractivity contribution < 1.29 is 9.21 Å². The monoisotopic (exact) mass is 197 g/mol. The molecule has 0 spiro atoms. The van der Waals surface area contributed by atoms with Gasteiger partial charge in [-0.1, -0.05) is 0 Å². The van der Waals surface area contributed by atoms with Crippen LogP contribution in [0.4, 0.5) is 6.01 Å². The molecule has 0 atom stereocenters. The zero-order valence-electron chi connectivity index (χ0n) is 8.84. The second-order valence-corrected chi connectivity index (χ2v) is 3.62. The third kappa shape index (κ3) is 2.32. The molecule has 0 saturated carbocycles. The molecule has 0 aliphatic heterocycles. The first-order chi connectivity index (χ1) is 6.45. The molecule has 1 aromatic heterocycles. The molecule has 0 radical (unpaired) electrons. The lowest BCUT2D eigenvalue weighted by atomic mass is 10.1. The summed E-state index contributed by atoms with van der Waals surface area (Å²) in [7, 11) is 1.72. The van der Waals surface area contributed by atoms with Gasteiger partial charge in [-0.05, 0) is 27.8 Å². The van der Waals surface area contributed by atoms with Gasteiger partial charge < -0.3 is 9.73 Å². The molecule has 0 bridgehead atoms. The van der Waals surface area contributed by atoms with Crippen LogP contribution in [0.1, 0.15) is 19.5 Å². The number of hydrogen-bond acceptors (Lipinski definition) is 4. The minimum absolute atomic E-state index is 0.179. The molecular formula is C9H15N3O2. The summed E-state index contributed by atoms with van der Waals surface area (Å²) in [5.74, 6) is -0.179. The van der Waals surface area contributed by atoms with Gasteiger partial charge in [0.1, 0.15) is 6.26 Å². The molecule has 78 valence electrons. The van der Waals surface area contributed by atoms with Crippen molar-refractivity contribution in [2.75, 3.05) is 12.4 Å². The molecule has 0 fully saturated rings. The Morgan fingerprint density at radius 2 is 2.21 bits per heavy atom. The fraction of sp³-hybridized carbons (Fsp3) is 0.556. The number of nitrogens with zero attached hydrogens (tertiary/aromatic N) is 1. The lowest BCUT2D eigenvalue weighted by molar-refractivity contribution is -0.121. The molecule has 5 heteroatoms. The number of carbonyl (C=O) groups is 1. The molecule has 1 heterocycles. The average molecular weight is 197 g/mol. The van der Waals surface area contributed by atoms with Crippen LogP contribution in [-0.4, -0.2) is 23.5 Å². The summed E-state index contributed by atoms with van der Waals surface area (Å²) in [6.45, 7) is 5.35. The molecule has 0 unspecified atom stereocenters. The molecular weight excluding hydrogens is 182 g/mol. The van der Waals surface area contributed by atoms with Gasteiger partial charge in [-0.25, -0.2) is 0 Å². The Morgan fingerprint density at radius 1 is 1.57 bits per heavy atom. The third-order valence-electron chi connectivity index (χ3n) is 2.03. The molecule has 0 aliphatic carbocycles. The first-order valence-electron chi connectivity index (χ1n) is 4.38. The van der Waals surface area contributed by atoms with E-state index in [1.54, 1.807) is 27.8 Å². The van der Waals surface area contributed by atoms with Crippen LogP contribution >= 0.6 is 0 Å². The zero-order chi connectivity index (χ0) is 10.8. The molecule has 0 aliphatic rings. The lowest BCUT2D eigenvalue weighted by Crippen LogP contribution is -2.47. The second-order valence-electron chi connectivity index (χ2n) is 3.62. The summed E-state index contributed by atoms with van der Waals surface area (Å²) in [6.07, 6.45) is 1.49. The van der Waals surface area contributed by atoms with E-state index < -0.39 is 5.54 Å². The number of carbonyl (C=O) groups excluding carboxylic acids is 1.